The van der Waals surface area contributed by atoms with Gasteiger partial charge < -0.3 is 15.4 Å². The molecule has 0 saturated heterocycles. The fraction of sp³-hybridized carbons (Fsp3) is 0.750. The second-order valence-corrected chi connectivity index (χ2v) is 4.43. The zero-order valence-corrected chi connectivity index (χ0v) is 14.9. The van der Waals surface area contributed by atoms with E-state index in [0.29, 0.717) is 6.54 Å². The Bertz CT molecular complexity index is 393. The first-order chi connectivity index (χ1) is 9.13. The van der Waals surface area contributed by atoms with E-state index in [1.807, 2.05) is 20.9 Å². The summed E-state index contributed by atoms with van der Waals surface area (Å²) in [5.74, 6) is 1.62. The molecule has 0 saturated carbocycles. The lowest BCUT2D eigenvalue weighted by Crippen LogP contribution is -2.38. The molecule has 7 nitrogen and oxygen atoms in total. The minimum atomic E-state index is 0. The molecule has 1 rings (SSSR count). The molecular formula is C12H25IN6O. The molecule has 1 aromatic rings. The van der Waals surface area contributed by atoms with Crippen LogP contribution in [0.5, 0.6) is 0 Å². The van der Waals surface area contributed by atoms with E-state index in [-0.39, 0.29) is 30.1 Å². The van der Waals surface area contributed by atoms with E-state index >= 15 is 0 Å². The van der Waals surface area contributed by atoms with Gasteiger partial charge in [0.25, 0.3) is 0 Å². The molecule has 1 aromatic heterocycles. The quantitative estimate of drug-likeness (QED) is 0.310. The maximum absolute atomic E-state index is 5.47. The van der Waals surface area contributed by atoms with Gasteiger partial charge in [-0.1, -0.05) is 0 Å². The maximum Gasteiger partial charge on any atom is 0.191 e. The number of hydrogen-bond acceptors (Lipinski definition) is 4. The molecule has 0 aliphatic carbocycles. The third-order valence-corrected chi connectivity index (χ3v) is 2.51. The van der Waals surface area contributed by atoms with Crippen molar-refractivity contribution >= 4 is 29.9 Å². The molecule has 8 heteroatoms. The average molecular weight is 396 g/mol. The Morgan fingerprint density at radius 1 is 1.45 bits per heavy atom. The minimum absolute atomic E-state index is 0. The lowest BCUT2D eigenvalue weighted by atomic mass is 10.4. The molecule has 0 aromatic carbocycles. The Hall–Kier alpha value is -0.900. The van der Waals surface area contributed by atoms with Crippen molar-refractivity contribution in [2.45, 2.75) is 32.9 Å². The summed E-state index contributed by atoms with van der Waals surface area (Å²) >= 11 is 0. The number of aliphatic imine (C=N–C) groups is 1. The second kappa shape index (κ2) is 10.8. The molecule has 0 atom stereocenters. The van der Waals surface area contributed by atoms with Crippen LogP contribution >= 0.6 is 24.0 Å². The standard InChI is InChI=1S/C12H24N6O.HI/c1-10(2)19-7-5-6-14-12(13-3)15-8-11-16-9-17-18(11)4;/h9-10H,5-8H2,1-4H3,(H2,13,14,15);1H. The molecule has 0 spiro atoms. The van der Waals surface area contributed by atoms with Crippen molar-refractivity contribution in [3.05, 3.63) is 12.2 Å². The Balaban J connectivity index is 0.00000361. The summed E-state index contributed by atoms with van der Waals surface area (Å²) in [6.45, 7) is 6.25. The Labute approximate surface area is 137 Å². The number of hydrogen-bond donors (Lipinski definition) is 2. The Morgan fingerprint density at radius 2 is 2.20 bits per heavy atom. The van der Waals surface area contributed by atoms with E-state index in [4.69, 9.17) is 4.74 Å². The SMILES string of the molecule is CN=C(NCCCOC(C)C)NCc1ncnn1C.I. The molecule has 0 amide bonds. The fourth-order valence-corrected chi connectivity index (χ4v) is 1.46. The van der Waals surface area contributed by atoms with Crippen molar-refractivity contribution in [2.75, 3.05) is 20.2 Å². The van der Waals surface area contributed by atoms with Gasteiger partial charge in [0.05, 0.1) is 12.6 Å². The van der Waals surface area contributed by atoms with Crippen LogP contribution in [0.3, 0.4) is 0 Å². The van der Waals surface area contributed by atoms with Gasteiger partial charge in [0.2, 0.25) is 0 Å². The number of rotatable bonds is 7. The van der Waals surface area contributed by atoms with Crippen LogP contribution < -0.4 is 10.6 Å². The van der Waals surface area contributed by atoms with Crippen LogP contribution in [-0.4, -0.2) is 47.0 Å². The molecule has 0 unspecified atom stereocenters. The van der Waals surface area contributed by atoms with Gasteiger partial charge in [0.15, 0.2) is 5.96 Å². The summed E-state index contributed by atoms with van der Waals surface area (Å²) in [5.41, 5.74) is 0. The first kappa shape index (κ1) is 19.1. The predicted molar refractivity (Wildman–Crippen MR) is 90.3 cm³/mol. The summed E-state index contributed by atoms with van der Waals surface area (Å²) in [6, 6.07) is 0. The van der Waals surface area contributed by atoms with Crippen LogP contribution in [0, 0.1) is 0 Å². The molecule has 0 radical (unpaired) electrons. The fourth-order valence-electron chi connectivity index (χ4n) is 1.46. The normalized spacial score (nSPS) is 11.3. The number of nitrogens with zero attached hydrogens (tertiary/aromatic N) is 4. The number of aryl methyl sites for hydroxylation is 1. The van der Waals surface area contributed by atoms with Gasteiger partial charge in [0.1, 0.15) is 12.2 Å². The summed E-state index contributed by atoms with van der Waals surface area (Å²) in [7, 11) is 3.61. The van der Waals surface area contributed by atoms with Gasteiger partial charge in [-0.05, 0) is 20.3 Å². The largest absolute Gasteiger partial charge is 0.379 e. The van der Waals surface area contributed by atoms with Crippen LogP contribution in [-0.2, 0) is 18.3 Å². The highest BCUT2D eigenvalue weighted by atomic mass is 127. The minimum Gasteiger partial charge on any atom is -0.379 e. The number of guanidine groups is 1. The lowest BCUT2D eigenvalue weighted by Gasteiger charge is -2.12. The van der Waals surface area contributed by atoms with Crippen molar-refractivity contribution in [1.82, 2.24) is 25.4 Å². The van der Waals surface area contributed by atoms with E-state index in [1.54, 1.807) is 11.7 Å². The van der Waals surface area contributed by atoms with Crippen molar-refractivity contribution < 1.29 is 4.74 Å². The van der Waals surface area contributed by atoms with Crippen LogP contribution in [0.4, 0.5) is 0 Å². The smallest absolute Gasteiger partial charge is 0.191 e. The van der Waals surface area contributed by atoms with Crippen LogP contribution in [0.2, 0.25) is 0 Å². The number of halogens is 1. The summed E-state index contributed by atoms with van der Waals surface area (Å²) in [5, 5.41) is 10.4. The van der Waals surface area contributed by atoms with Crippen molar-refractivity contribution in [3.63, 3.8) is 0 Å². The molecule has 20 heavy (non-hydrogen) atoms. The van der Waals surface area contributed by atoms with Gasteiger partial charge >= 0.3 is 0 Å². The lowest BCUT2D eigenvalue weighted by molar-refractivity contribution is 0.0776. The summed E-state index contributed by atoms with van der Waals surface area (Å²) in [4.78, 5) is 8.28. The Morgan fingerprint density at radius 3 is 2.75 bits per heavy atom. The molecular weight excluding hydrogens is 371 g/mol. The molecule has 0 aliphatic heterocycles. The highest BCUT2D eigenvalue weighted by molar-refractivity contribution is 14.0. The number of ether oxygens (including phenoxy) is 1. The van der Waals surface area contributed by atoms with E-state index in [9.17, 15) is 0 Å². The number of aromatic nitrogens is 3. The van der Waals surface area contributed by atoms with Gasteiger partial charge in [-0.15, -0.1) is 24.0 Å². The van der Waals surface area contributed by atoms with Crippen LogP contribution in [0.15, 0.2) is 11.3 Å². The molecule has 116 valence electrons. The van der Waals surface area contributed by atoms with Crippen LogP contribution in [0.25, 0.3) is 0 Å². The zero-order chi connectivity index (χ0) is 14.1. The maximum atomic E-state index is 5.47. The third-order valence-electron chi connectivity index (χ3n) is 2.51. The van der Waals surface area contributed by atoms with Gasteiger partial charge in [-0.3, -0.25) is 9.67 Å². The van der Waals surface area contributed by atoms with Gasteiger partial charge in [0, 0.05) is 27.2 Å². The van der Waals surface area contributed by atoms with E-state index < -0.39 is 0 Å². The zero-order valence-electron chi connectivity index (χ0n) is 12.6. The molecule has 1 heterocycles. The van der Waals surface area contributed by atoms with Crippen molar-refractivity contribution in [2.24, 2.45) is 12.0 Å². The van der Waals surface area contributed by atoms with Gasteiger partial charge in [-0.25, -0.2) is 4.98 Å². The first-order valence-electron chi connectivity index (χ1n) is 6.52. The summed E-state index contributed by atoms with van der Waals surface area (Å²) < 4.78 is 7.20. The highest BCUT2D eigenvalue weighted by Crippen LogP contribution is 1.90. The van der Waals surface area contributed by atoms with Crippen molar-refractivity contribution in [3.8, 4) is 0 Å². The van der Waals surface area contributed by atoms with E-state index in [0.717, 1.165) is 31.4 Å². The van der Waals surface area contributed by atoms with E-state index in [1.165, 1.54) is 6.33 Å². The average Bonchev–Trinajstić information content (AvgIpc) is 2.78. The third kappa shape index (κ3) is 7.63. The predicted octanol–water partition coefficient (Wildman–Crippen LogP) is 0.913. The van der Waals surface area contributed by atoms with Crippen molar-refractivity contribution in [1.29, 1.82) is 0 Å². The molecule has 2 N–H and O–H groups in total. The second-order valence-electron chi connectivity index (χ2n) is 4.43. The summed E-state index contributed by atoms with van der Waals surface area (Å²) in [6.07, 6.45) is 2.77. The van der Waals surface area contributed by atoms with Crippen LogP contribution in [0.1, 0.15) is 26.1 Å². The Kier molecular flexibility index (Phi) is 10.3. The highest BCUT2D eigenvalue weighted by Gasteiger charge is 2.02. The molecule has 0 fully saturated rings. The first-order valence-corrected chi connectivity index (χ1v) is 6.52. The van der Waals surface area contributed by atoms with Gasteiger partial charge in [-0.2, -0.15) is 5.10 Å². The monoisotopic (exact) mass is 396 g/mol. The van der Waals surface area contributed by atoms with E-state index in [2.05, 4.69) is 25.7 Å². The molecule has 0 bridgehead atoms. The number of nitrogens with one attached hydrogen (secondary N) is 2. The topological polar surface area (TPSA) is 76.4 Å². The molecule has 0 aliphatic rings.